The lowest BCUT2D eigenvalue weighted by Gasteiger charge is -2.10. The first kappa shape index (κ1) is 13.4. The fourth-order valence-electron chi connectivity index (χ4n) is 2.11. The standard InChI is InChI=1S/C14H18N2O3/c1-8-11-6-10(18-3)4-5-12(11)19-14(8)9(2)16-7-13(15)17/h4-6,9,16H,7H2,1-3H3,(H2,15,17)/t9-/m0/s1. The van der Waals surface area contributed by atoms with Gasteiger partial charge < -0.3 is 14.9 Å². The molecule has 1 aromatic carbocycles. The summed E-state index contributed by atoms with van der Waals surface area (Å²) < 4.78 is 11.0. The monoisotopic (exact) mass is 262 g/mol. The van der Waals surface area contributed by atoms with Crippen LogP contribution in [-0.4, -0.2) is 19.6 Å². The number of methoxy groups -OCH3 is 1. The summed E-state index contributed by atoms with van der Waals surface area (Å²) in [6, 6.07) is 5.60. The van der Waals surface area contributed by atoms with E-state index in [-0.39, 0.29) is 18.5 Å². The molecule has 0 fully saturated rings. The lowest BCUT2D eigenvalue weighted by atomic mass is 10.1. The van der Waals surface area contributed by atoms with Crippen molar-refractivity contribution in [3.05, 3.63) is 29.5 Å². The fourth-order valence-corrected chi connectivity index (χ4v) is 2.11. The molecule has 1 heterocycles. The highest BCUT2D eigenvalue weighted by Crippen LogP contribution is 2.31. The summed E-state index contributed by atoms with van der Waals surface area (Å²) in [5, 5.41) is 4.05. The van der Waals surface area contributed by atoms with Gasteiger partial charge in [-0.2, -0.15) is 0 Å². The van der Waals surface area contributed by atoms with Gasteiger partial charge in [-0.1, -0.05) is 0 Å². The summed E-state index contributed by atoms with van der Waals surface area (Å²) in [5.74, 6) is 1.22. The van der Waals surface area contributed by atoms with Crippen molar-refractivity contribution >= 4 is 16.9 Å². The molecule has 5 nitrogen and oxygen atoms in total. The number of carbonyl (C=O) groups is 1. The van der Waals surface area contributed by atoms with E-state index in [2.05, 4.69) is 5.32 Å². The number of primary amides is 1. The van der Waals surface area contributed by atoms with E-state index in [4.69, 9.17) is 14.9 Å². The molecule has 19 heavy (non-hydrogen) atoms. The largest absolute Gasteiger partial charge is 0.497 e. The summed E-state index contributed by atoms with van der Waals surface area (Å²) in [6.07, 6.45) is 0. The van der Waals surface area contributed by atoms with E-state index in [1.807, 2.05) is 32.0 Å². The van der Waals surface area contributed by atoms with Gasteiger partial charge in [0, 0.05) is 10.9 Å². The van der Waals surface area contributed by atoms with Gasteiger partial charge in [0.05, 0.1) is 19.7 Å². The van der Waals surface area contributed by atoms with Crippen LogP contribution in [-0.2, 0) is 4.79 Å². The topological polar surface area (TPSA) is 77.5 Å². The first-order valence-electron chi connectivity index (χ1n) is 6.11. The predicted octanol–water partition coefficient (Wildman–Crippen LogP) is 1.89. The first-order chi connectivity index (χ1) is 9.02. The molecule has 2 rings (SSSR count). The minimum absolute atomic E-state index is 0.0779. The summed E-state index contributed by atoms with van der Waals surface area (Å²) in [7, 11) is 1.63. The SMILES string of the molecule is COc1ccc2oc([C@H](C)NCC(N)=O)c(C)c2c1. The number of carbonyl (C=O) groups excluding carboxylic acids is 1. The maximum atomic E-state index is 10.8. The van der Waals surface area contributed by atoms with Crippen LogP contribution in [0.1, 0.15) is 24.3 Å². The second-order valence-electron chi connectivity index (χ2n) is 4.52. The molecule has 1 amide bonds. The molecule has 1 atom stereocenters. The molecule has 5 heteroatoms. The van der Waals surface area contributed by atoms with E-state index in [1.165, 1.54) is 0 Å². The molecule has 2 aromatic rings. The zero-order valence-corrected chi connectivity index (χ0v) is 11.3. The number of rotatable bonds is 5. The van der Waals surface area contributed by atoms with Gasteiger partial charge in [0.25, 0.3) is 0 Å². The number of hydrogen-bond donors (Lipinski definition) is 2. The van der Waals surface area contributed by atoms with Gasteiger partial charge in [0.15, 0.2) is 0 Å². The number of benzene rings is 1. The zero-order chi connectivity index (χ0) is 14.0. The second-order valence-corrected chi connectivity index (χ2v) is 4.52. The Morgan fingerprint density at radius 3 is 2.89 bits per heavy atom. The van der Waals surface area contributed by atoms with Crippen molar-refractivity contribution in [2.75, 3.05) is 13.7 Å². The molecule has 0 aliphatic carbocycles. The van der Waals surface area contributed by atoms with Crippen LogP contribution >= 0.6 is 0 Å². The average molecular weight is 262 g/mol. The van der Waals surface area contributed by atoms with Gasteiger partial charge in [-0.3, -0.25) is 10.1 Å². The normalized spacial score (nSPS) is 12.6. The molecular formula is C14H18N2O3. The Hall–Kier alpha value is -2.01. The number of hydrogen-bond acceptors (Lipinski definition) is 4. The molecule has 0 radical (unpaired) electrons. The first-order valence-corrected chi connectivity index (χ1v) is 6.11. The van der Waals surface area contributed by atoms with Crippen molar-refractivity contribution < 1.29 is 13.9 Å². The molecule has 3 N–H and O–H groups in total. The Balaban J connectivity index is 2.33. The van der Waals surface area contributed by atoms with E-state index in [0.717, 1.165) is 28.0 Å². The van der Waals surface area contributed by atoms with Gasteiger partial charge in [-0.25, -0.2) is 0 Å². The van der Waals surface area contributed by atoms with Crippen LogP contribution in [0, 0.1) is 6.92 Å². The predicted molar refractivity (Wildman–Crippen MR) is 73.1 cm³/mol. The van der Waals surface area contributed by atoms with E-state index < -0.39 is 0 Å². The highest BCUT2D eigenvalue weighted by atomic mass is 16.5. The number of aryl methyl sites for hydroxylation is 1. The van der Waals surface area contributed by atoms with Gasteiger partial charge in [-0.05, 0) is 32.0 Å². The molecule has 1 aromatic heterocycles. The number of nitrogens with two attached hydrogens (primary N) is 1. The Morgan fingerprint density at radius 2 is 2.26 bits per heavy atom. The molecule has 0 bridgehead atoms. The Bertz CT molecular complexity index is 604. The van der Waals surface area contributed by atoms with Crippen LogP contribution in [0.15, 0.2) is 22.6 Å². The summed E-state index contributed by atoms with van der Waals surface area (Å²) in [6.45, 7) is 4.05. The molecule has 0 saturated carbocycles. The third kappa shape index (κ3) is 2.71. The Morgan fingerprint density at radius 1 is 1.53 bits per heavy atom. The number of amides is 1. The van der Waals surface area contributed by atoms with Gasteiger partial charge in [0.1, 0.15) is 17.1 Å². The quantitative estimate of drug-likeness (QED) is 0.862. The number of furan rings is 1. The molecule has 102 valence electrons. The summed E-state index contributed by atoms with van der Waals surface area (Å²) in [4.78, 5) is 10.8. The van der Waals surface area contributed by atoms with Gasteiger partial charge >= 0.3 is 0 Å². The van der Waals surface area contributed by atoms with Gasteiger partial charge in [-0.15, -0.1) is 0 Å². The minimum Gasteiger partial charge on any atom is -0.497 e. The minimum atomic E-state index is -0.387. The van der Waals surface area contributed by atoms with Crippen LogP contribution in [0.3, 0.4) is 0 Å². The van der Waals surface area contributed by atoms with Crippen LogP contribution in [0.25, 0.3) is 11.0 Å². The average Bonchev–Trinajstić information content (AvgIpc) is 2.73. The second kappa shape index (κ2) is 5.32. The molecule has 0 aliphatic rings. The third-order valence-corrected chi connectivity index (χ3v) is 3.16. The van der Waals surface area contributed by atoms with Crippen molar-refractivity contribution in [1.29, 1.82) is 0 Å². The van der Waals surface area contributed by atoms with Crippen LogP contribution < -0.4 is 15.8 Å². The highest BCUT2D eigenvalue weighted by molar-refractivity contribution is 5.83. The van der Waals surface area contributed by atoms with Crippen LogP contribution in [0.2, 0.25) is 0 Å². The maximum absolute atomic E-state index is 10.8. The molecule has 0 spiro atoms. The Kier molecular flexibility index (Phi) is 3.76. The van der Waals surface area contributed by atoms with E-state index in [0.29, 0.717) is 0 Å². The summed E-state index contributed by atoms with van der Waals surface area (Å²) in [5.41, 5.74) is 6.97. The van der Waals surface area contributed by atoms with Crippen LogP contribution in [0.5, 0.6) is 5.75 Å². The lowest BCUT2D eigenvalue weighted by Crippen LogP contribution is -2.30. The molecular weight excluding hydrogens is 244 g/mol. The molecule has 0 aliphatic heterocycles. The van der Waals surface area contributed by atoms with E-state index >= 15 is 0 Å². The van der Waals surface area contributed by atoms with Crippen molar-refractivity contribution in [3.63, 3.8) is 0 Å². The third-order valence-electron chi connectivity index (χ3n) is 3.16. The van der Waals surface area contributed by atoms with Crippen molar-refractivity contribution in [2.45, 2.75) is 19.9 Å². The van der Waals surface area contributed by atoms with Crippen molar-refractivity contribution in [3.8, 4) is 5.75 Å². The number of nitrogens with one attached hydrogen (secondary N) is 1. The fraction of sp³-hybridized carbons (Fsp3) is 0.357. The van der Waals surface area contributed by atoms with Crippen LogP contribution in [0.4, 0.5) is 0 Å². The maximum Gasteiger partial charge on any atom is 0.231 e. The highest BCUT2D eigenvalue weighted by Gasteiger charge is 2.17. The molecule has 0 unspecified atom stereocenters. The lowest BCUT2D eigenvalue weighted by molar-refractivity contribution is -0.117. The van der Waals surface area contributed by atoms with Gasteiger partial charge in [0.2, 0.25) is 5.91 Å². The number of ether oxygens (including phenoxy) is 1. The smallest absolute Gasteiger partial charge is 0.231 e. The number of fused-ring (bicyclic) bond motifs is 1. The van der Waals surface area contributed by atoms with E-state index in [1.54, 1.807) is 7.11 Å². The molecule has 0 saturated heterocycles. The van der Waals surface area contributed by atoms with E-state index in [9.17, 15) is 4.79 Å². The zero-order valence-electron chi connectivity index (χ0n) is 11.3. The summed E-state index contributed by atoms with van der Waals surface area (Å²) >= 11 is 0. The van der Waals surface area contributed by atoms with Crippen molar-refractivity contribution in [2.24, 2.45) is 5.73 Å². The van der Waals surface area contributed by atoms with Crippen molar-refractivity contribution in [1.82, 2.24) is 5.32 Å². The Labute approximate surface area is 111 Å².